The first-order chi connectivity index (χ1) is 9.98. The van der Waals surface area contributed by atoms with E-state index in [4.69, 9.17) is 10.8 Å². The fourth-order valence-corrected chi connectivity index (χ4v) is 2.48. The SMILES string of the molecule is CCN(CCO)c1ccc(NC(=O)C(C)(N)C2CC2)cc1. The molecule has 0 saturated heterocycles. The lowest BCUT2D eigenvalue weighted by molar-refractivity contribution is -0.121. The molecule has 5 heteroatoms. The van der Waals surface area contributed by atoms with Gasteiger partial charge in [0.1, 0.15) is 0 Å². The predicted octanol–water partition coefficient (Wildman–Crippen LogP) is 1.57. The molecule has 1 unspecified atom stereocenters. The molecule has 0 aliphatic heterocycles. The number of carbonyl (C=O) groups excluding carboxylic acids is 1. The van der Waals surface area contributed by atoms with Gasteiger partial charge in [0.25, 0.3) is 0 Å². The molecule has 2 rings (SSSR count). The average molecular weight is 291 g/mol. The van der Waals surface area contributed by atoms with Gasteiger partial charge in [-0.3, -0.25) is 4.79 Å². The van der Waals surface area contributed by atoms with E-state index >= 15 is 0 Å². The summed E-state index contributed by atoms with van der Waals surface area (Å²) in [5.41, 5.74) is 7.10. The van der Waals surface area contributed by atoms with E-state index in [0.29, 0.717) is 12.5 Å². The highest BCUT2D eigenvalue weighted by Crippen LogP contribution is 2.38. The van der Waals surface area contributed by atoms with Gasteiger partial charge in [0, 0.05) is 24.5 Å². The molecule has 0 spiro atoms. The van der Waals surface area contributed by atoms with Gasteiger partial charge in [-0.15, -0.1) is 0 Å². The Morgan fingerprint density at radius 3 is 2.52 bits per heavy atom. The van der Waals surface area contributed by atoms with Crippen LogP contribution in [0.15, 0.2) is 24.3 Å². The Morgan fingerprint density at radius 2 is 2.05 bits per heavy atom. The fourth-order valence-electron chi connectivity index (χ4n) is 2.48. The van der Waals surface area contributed by atoms with Crippen molar-refractivity contribution in [2.24, 2.45) is 11.7 Å². The lowest BCUT2D eigenvalue weighted by Crippen LogP contribution is -2.50. The molecule has 1 fully saturated rings. The van der Waals surface area contributed by atoms with Crippen molar-refractivity contribution in [2.75, 3.05) is 29.9 Å². The molecule has 0 aromatic heterocycles. The van der Waals surface area contributed by atoms with Crippen molar-refractivity contribution < 1.29 is 9.90 Å². The Balaban J connectivity index is 2.00. The second-order valence-electron chi connectivity index (χ2n) is 5.86. The highest BCUT2D eigenvalue weighted by Gasteiger charge is 2.44. The van der Waals surface area contributed by atoms with Crippen molar-refractivity contribution in [1.29, 1.82) is 0 Å². The normalized spacial score (nSPS) is 17.1. The standard InChI is InChI=1S/C16H25N3O2/c1-3-19(10-11-20)14-8-6-13(7-9-14)18-15(21)16(2,17)12-4-5-12/h6-9,12,20H,3-5,10-11,17H2,1-2H3,(H,18,21). The number of anilines is 2. The van der Waals surface area contributed by atoms with Crippen molar-refractivity contribution in [3.63, 3.8) is 0 Å². The Hall–Kier alpha value is -1.59. The molecular formula is C16H25N3O2. The maximum atomic E-state index is 12.2. The Morgan fingerprint density at radius 1 is 1.43 bits per heavy atom. The van der Waals surface area contributed by atoms with E-state index in [9.17, 15) is 4.79 Å². The minimum absolute atomic E-state index is 0.124. The largest absolute Gasteiger partial charge is 0.395 e. The van der Waals surface area contributed by atoms with Crippen molar-refractivity contribution >= 4 is 17.3 Å². The fraction of sp³-hybridized carbons (Fsp3) is 0.562. The number of aliphatic hydroxyl groups excluding tert-OH is 1. The topological polar surface area (TPSA) is 78.6 Å². The molecule has 1 atom stereocenters. The number of nitrogens with one attached hydrogen (secondary N) is 1. The molecule has 1 aliphatic rings. The smallest absolute Gasteiger partial charge is 0.244 e. The summed E-state index contributed by atoms with van der Waals surface area (Å²) in [4.78, 5) is 14.3. The van der Waals surface area contributed by atoms with Crippen LogP contribution < -0.4 is 16.0 Å². The molecule has 116 valence electrons. The van der Waals surface area contributed by atoms with Gasteiger partial charge in [-0.1, -0.05) is 0 Å². The van der Waals surface area contributed by atoms with Crippen LogP contribution in [0, 0.1) is 5.92 Å². The summed E-state index contributed by atoms with van der Waals surface area (Å²) in [6.07, 6.45) is 2.07. The predicted molar refractivity (Wildman–Crippen MR) is 85.4 cm³/mol. The monoisotopic (exact) mass is 291 g/mol. The molecule has 1 saturated carbocycles. The van der Waals surface area contributed by atoms with Gasteiger partial charge in [0.05, 0.1) is 12.1 Å². The number of nitrogens with zero attached hydrogens (tertiary/aromatic N) is 1. The molecule has 4 N–H and O–H groups in total. The molecule has 5 nitrogen and oxygen atoms in total. The highest BCUT2D eigenvalue weighted by molar-refractivity contribution is 5.98. The van der Waals surface area contributed by atoms with E-state index in [0.717, 1.165) is 30.8 Å². The molecule has 1 amide bonds. The van der Waals surface area contributed by atoms with E-state index in [2.05, 4.69) is 10.2 Å². The zero-order chi connectivity index (χ0) is 15.5. The van der Waals surface area contributed by atoms with Gasteiger partial charge < -0.3 is 21.1 Å². The van der Waals surface area contributed by atoms with Crippen LogP contribution in [0.25, 0.3) is 0 Å². The van der Waals surface area contributed by atoms with E-state index < -0.39 is 5.54 Å². The number of benzene rings is 1. The number of aliphatic hydroxyl groups is 1. The van der Waals surface area contributed by atoms with E-state index in [-0.39, 0.29) is 12.5 Å². The lowest BCUT2D eigenvalue weighted by atomic mass is 9.96. The van der Waals surface area contributed by atoms with Gasteiger partial charge in [0.15, 0.2) is 0 Å². The molecule has 0 bridgehead atoms. The Kier molecular flexibility index (Phi) is 4.85. The van der Waals surface area contributed by atoms with Crippen molar-refractivity contribution in [3.8, 4) is 0 Å². The van der Waals surface area contributed by atoms with Crippen LogP contribution in [-0.2, 0) is 4.79 Å². The van der Waals surface area contributed by atoms with Gasteiger partial charge in [-0.05, 0) is 56.9 Å². The van der Waals surface area contributed by atoms with E-state index in [1.54, 1.807) is 6.92 Å². The minimum Gasteiger partial charge on any atom is -0.395 e. The van der Waals surface area contributed by atoms with Crippen LogP contribution in [0.2, 0.25) is 0 Å². The second kappa shape index (κ2) is 6.45. The molecule has 21 heavy (non-hydrogen) atoms. The molecular weight excluding hydrogens is 266 g/mol. The summed E-state index contributed by atoms with van der Waals surface area (Å²) in [5.74, 6) is 0.178. The van der Waals surface area contributed by atoms with Crippen molar-refractivity contribution in [3.05, 3.63) is 24.3 Å². The number of carbonyl (C=O) groups is 1. The number of rotatable bonds is 7. The zero-order valence-corrected chi connectivity index (χ0v) is 12.8. The molecule has 0 radical (unpaired) electrons. The Bertz CT molecular complexity index is 481. The number of hydrogen-bond donors (Lipinski definition) is 3. The van der Waals surface area contributed by atoms with Crippen LogP contribution >= 0.6 is 0 Å². The summed E-state index contributed by atoms with van der Waals surface area (Å²) in [6.45, 7) is 5.40. The van der Waals surface area contributed by atoms with Crippen LogP contribution in [0.4, 0.5) is 11.4 Å². The quantitative estimate of drug-likeness (QED) is 0.712. The lowest BCUT2D eigenvalue weighted by Gasteiger charge is -2.24. The number of amides is 1. The third kappa shape index (κ3) is 3.74. The summed E-state index contributed by atoms with van der Waals surface area (Å²) >= 11 is 0. The van der Waals surface area contributed by atoms with E-state index in [1.165, 1.54) is 0 Å². The average Bonchev–Trinajstić information content (AvgIpc) is 3.30. The second-order valence-corrected chi connectivity index (χ2v) is 5.86. The highest BCUT2D eigenvalue weighted by atomic mass is 16.3. The zero-order valence-electron chi connectivity index (χ0n) is 12.8. The molecule has 0 heterocycles. The first kappa shape index (κ1) is 15.8. The first-order valence-corrected chi connectivity index (χ1v) is 7.55. The Labute approximate surface area is 126 Å². The van der Waals surface area contributed by atoms with Gasteiger partial charge in [-0.25, -0.2) is 0 Å². The van der Waals surface area contributed by atoms with Crippen molar-refractivity contribution in [1.82, 2.24) is 0 Å². The van der Waals surface area contributed by atoms with Gasteiger partial charge in [0.2, 0.25) is 5.91 Å². The summed E-state index contributed by atoms with van der Waals surface area (Å²) in [7, 11) is 0. The molecule has 1 aliphatic carbocycles. The van der Waals surface area contributed by atoms with Crippen LogP contribution in [0.3, 0.4) is 0 Å². The summed E-state index contributed by atoms with van der Waals surface area (Å²) in [6, 6.07) is 7.63. The third-order valence-electron chi connectivity index (χ3n) is 4.16. The number of nitrogens with two attached hydrogens (primary N) is 1. The third-order valence-corrected chi connectivity index (χ3v) is 4.16. The van der Waals surface area contributed by atoms with Crippen LogP contribution in [0.1, 0.15) is 26.7 Å². The molecule has 1 aromatic carbocycles. The summed E-state index contributed by atoms with van der Waals surface area (Å²) < 4.78 is 0. The molecule has 1 aromatic rings. The maximum Gasteiger partial charge on any atom is 0.244 e. The first-order valence-electron chi connectivity index (χ1n) is 7.55. The van der Waals surface area contributed by atoms with Crippen LogP contribution in [0.5, 0.6) is 0 Å². The number of likely N-dealkylation sites (N-methyl/N-ethyl adjacent to an activating group) is 1. The number of hydrogen-bond acceptors (Lipinski definition) is 4. The van der Waals surface area contributed by atoms with Gasteiger partial charge in [-0.2, -0.15) is 0 Å². The van der Waals surface area contributed by atoms with Crippen molar-refractivity contribution in [2.45, 2.75) is 32.2 Å². The van der Waals surface area contributed by atoms with Gasteiger partial charge >= 0.3 is 0 Å². The van der Waals surface area contributed by atoms with E-state index in [1.807, 2.05) is 31.2 Å². The van der Waals surface area contributed by atoms with Crippen LogP contribution in [-0.4, -0.2) is 36.2 Å². The maximum absolute atomic E-state index is 12.2. The minimum atomic E-state index is -0.787. The summed E-state index contributed by atoms with van der Waals surface area (Å²) in [5, 5.41) is 11.9.